The smallest absolute Gasteiger partial charge is 0.245 e. The van der Waals surface area contributed by atoms with Crippen LogP contribution in [0.4, 0.5) is 5.69 Å². The molecule has 1 fully saturated rings. The number of carbonyl (C=O) groups excluding carboxylic acids is 1. The number of para-hydroxylation sites is 1. The average Bonchev–Trinajstić information content (AvgIpc) is 3.19. The van der Waals surface area contributed by atoms with E-state index < -0.39 is 0 Å². The zero-order valence-electron chi connectivity index (χ0n) is 13.5. The number of benzene rings is 2. The molecule has 1 amide bonds. The third-order valence-electron chi connectivity index (χ3n) is 4.92. The van der Waals surface area contributed by atoms with Gasteiger partial charge in [0.15, 0.2) is 0 Å². The maximum atomic E-state index is 13.1. The Morgan fingerprint density at radius 1 is 1.12 bits per heavy atom. The fraction of sp³-hybridized carbons (Fsp3) is 0.316. The number of amides is 1. The second-order valence-corrected chi connectivity index (χ2v) is 7.01. The molecule has 4 rings (SSSR count). The van der Waals surface area contributed by atoms with Crippen LogP contribution < -0.4 is 15.8 Å². The summed E-state index contributed by atoms with van der Waals surface area (Å²) in [6.07, 6.45) is 1.65. The third kappa shape index (κ3) is 2.71. The van der Waals surface area contributed by atoms with Crippen molar-refractivity contribution in [2.24, 2.45) is 0 Å². The number of nitrogens with one attached hydrogen (secondary N) is 2. The second kappa shape index (κ2) is 6.20. The zero-order chi connectivity index (χ0) is 16.7. The predicted molar refractivity (Wildman–Crippen MR) is 96.0 cm³/mol. The van der Waals surface area contributed by atoms with E-state index in [2.05, 4.69) is 23.8 Å². The Labute approximate surface area is 146 Å². The number of hydrogen-bond acceptors (Lipinski definition) is 3. The molecule has 0 bridgehead atoms. The fourth-order valence-electron chi connectivity index (χ4n) is 3.70. The minimum absolute atomic E-state index is 0.115. The molecule has 0 spiro atoms. The molecule has 1 saturated heterocycles. The van der Waals surface area contributed by atoms with E-state index in [1.807, 2.05) is 47.4 Å². The van der Waals surface area contributed by atoms with Crippen LogP contribution in [0.3, 0.4) is 0 Å². The van der Waals surface area contributed by atoms with Gasteiger partial charge in [-0.25, -0.2) is 10.9 Å². The summed E-state index contributed by atoms with van der Waals surface area (Å²) in [5.74, 6) is 0.136. The highest BCUT2D eigenvalue weighted by Crippen LogP contribution is 2.34. The summed E-state index contributed by atoms with van der Waals surface area (Å²) in [6, 6.07) is 16.0. The number of hydrogen-bond donors (Lipinski definition) is 2. The Bertz CT molecular complexity index is 761. The van der Waals surface area contributed by atoms with Gasteiger partial charge in [-0.1, -0.05) is 41.9 Å². The first kappa shape index (κ1) is 15.6. The van der Waals surface area contributed by atoms with Crippen molar-refractivity contribution in [1.82, 2.24) is 10.9 Å². The third-order valence-corrected chi connectivity index (χ3v) is 5.17. The molecule has 24 heavy (non-hydrogen) atoms. The van der Waals surface area contributed by atoms with Gasteiger partial charge in [0.05, 0.1) is 0 Å². The lowest BCUT2D eigenvalue weighted by molar-refractivity contribution is -0.120. The van der Waals surface area contributed by atoms with Crippen molar-refractivity contribution in [1.29, 1.82) is 0 Å². The largest absolute Gasteiger partial charge is 0.308 e. The maximum absolute atomic E-state index is 13.1. The first-order valence-corrected chi connectivity index (χ1v) is 8.69. The van der Waals surface area contributed by atoms with Crippen molar-refractivity contribution < 1.29 is 4.79 Å². The van der Waals surface area contributed by atoms with Gasteiger partial charge in [-0.05, 0) is 49.1 Å². The van der Waals surface area contributed by atoms with Crippen molar-refractivity contribution in [2.75, 3.05) is 4.90 Å². The number of halogens is 1. The van der Waals surface area contributed by atoms with Crippen molar-refractivity contribution >= 4 is 23.2 Å². The van der Waals surface area contributed by atoms with Gasteiger partial charge >= 0.3 is 0 Å². The molecule has 2 aromatic rings. The molecule has 0 radical (unpaired) electrons. The average molecular weight is 342 g/mol. The number of nitrogens with zero attached hydrogens (tertiary/aromatic N) is 1. The van der Waals surface area contributed by atoms with Crippen LogP contribution in [-0.2, 0) is 11.2 Å². The van der Waals surface area contributed by atoms with Gasteiger partial charge in [0, 0.05) is 22.8 Å². The lowest BCUT2D eigenvalue weighted by Gasteiger charge is -2.25. The molecular weight excluding hydrogens is 322 g/mol. The first-order chi connectivity index (χ1) is 11.6. The van der Waals surface area contributed by atoms with E-state index in [1.165, 1.54) is 5.56 Å². The molecule has 2 aromatic carbocycles. The van der Waals surface area contributed by atoms with Gasteiger partial charge < -0.3 is 4.90 Å². The quantitative estimate of drug-likeness (QED) is 0.881. The van der Waals surface area contributed by atoms with Crippen LogP contribution in [0.5, 0.6) is 0 Å². The predicted octanol–water partition coefficient (Wildman–Crippen LogP) is 3.23. The van der Waals surface area contributed by atoms with Gasteiger partial charge in [0.1, 0.15) is 6.04 Å². The molecule has 0 saturated carbocycles. The number of rotatable bonds is 2. The van der Waals surface area contributed by atoms with Crippen LogP contribution in [-0.4, -0.2) is 18.0 Å². The van der Waals surface area contributed by atoms with E-state index in [9.17, 15) is 4.79 Å². The molecule has 2 aliphatic heterocycles. The van der Waals surface area contributed by atoms with E-state index in [-0.39, 0.29) is 24.0 Å². The fourth-order valence-corrected chi connectivity index (χ4v) is 3.83. The summed E-state index contributed by atoms with van der Waals surface area (Å²) in [5.41, 5.74) is 9.85. The monoisotopic (exact) mass is 341 g/mol. The Morgan fingerprint density at radius 3 is 2.67 bits per heavy atom. The molecule has 2 N–H and O–H groups in total. The normalized spacial score (nSPS) is 25.8. The summed E-state index contributed by atoms with van der Waals surface area (Å²) in [7, 11) is 0. The van der Waals surface area contributed by atoms with Crippen LogP contribution >= 0.6 is 11.6 Å². The molecule has 0 aliphatic carbocycles. The van der Waals surface area contributed by atoms with Crippen molar-refractivity contribution in [3.05, 3.63) is 64.7 Å². The Hall–Kier alpha value is -1.88. The molecule has 4 nitrogen and oxygen atoms in total. The van der Waals surface area contributed by atoms with E-state index in [4.69, 9.17) is 11.6 Å². The maximum Gasteiger partial charge on any atom is 0.245 e. The van der Waals surface area contributed by atoms with Crippen molar-refractivity contribution in [3.63, 3.8) is 0 Å². The highest BCUT2D eigenvalue weighted by molar-refractivity contribution is 6.30. The molecule has 3 unspecified atom stereocenters. The van der Waals surface area contributed by atoms with E-state index in [0.29, 0.717) is 0 Å². The summed E-state index contributed by atoms with van der Waals surface area (Å²) in [4.78, 5) is 15.0. The SMILES string of the molecule is CC1Cc2ccccc2N1C(=O)C1CC(c2ccc(Cl)cc2)NN1. The van der Waals surface area contributed by atoms with Crippen molar-refractivity contribution in [3.8, 4) is 0 Å². The Morgan fingerprint density at radius 2 is 1.88 bits per heavy atom. The summed E-state index contributed by atoms with van der Waals surface area (Å²) >= 11 is 5.95. The summed E-state index contributed by atoms with van der Waals surface area (Å²) in [5, 5.41) is 0.722. The number of fused-ring (bicyclic) bond motifs is 1. The second-order valence-electron chi connectivity index (χ2n) is 6.57. The standard InChI is InChI=1S/C19H20ClN3O/c1-12-10-14-4-2-3-5-18(14)23(12)19(24)17-11-16(21-22-17)13-6-8-15(20)9-7-13/h2-9,12,16-17,21-22H,10-11H2,1H3. The van der Waals surface area contributed by atoms with Crippen LogP contribution in [0.15, 0.2) is 48.5 Å². The zero-order valence-corrected chi connectivity index (χ0v) is 14.3. The highest BCUT2D eigenvalue weighted by Gasteiger charge is 2.38. The van der Waals surface area contributed by atoms with E-state index >= 15 is 0 Å². The lowest BCUT2D eigenvalue weighted by Crippen LogP contribution is -2.47. The van der Waals surface area contributed by atoms with Crippen LogP contribution in [0, 0.1) is 0 Å². The van der Waals surface area contributed by atoms with Gasteiger partial charge in [-0.3, -0.25) is 4.79 Å². The molecular formula is C19H20ClN3O. The summed E-state index contributed by atoms with van der Waals surface area (Å²) in [6.45, 7) is 2.11. The van der Waals surface area contributed by atoms with E-state index in [0.717, 1.165) is 29.1 Å². The van der Waals surface area contributed by atoms with Crippen LogP contribution in [0.1, 0.15) is 30.5 Å². The highest BCUT2D eigenvalue weighted by atomic mass is 35.5. The van der Waals surface area contributed by atoms with Crippen LogP contribution in [0.25, 0.3) is 0 Å². The molecule has 0 aromatic heterocycles. The topological polar surface area (TPSA) is 44.4 Å². The van der Waals surface area contributed by atoms with Gasteiger partial charge in [0.25, 0.3) is 0 Å². The molecule has 2 heterocycles. The number of hydrazine groups is 1. The molecule has 2 aliphatic rings. The van der Waals surface area contributed by atoms with Gasteiger partial charge in [-0.15, -0.1) is 0 Å². The molecule has 5 heteroatoms. The first-order valence-electron chi connectivity index (χ1n) is 8.31. The summed E-state index contributed by atoms with van der Waals surface area (Å²) < 4.78 is 0. The minimum atomic E-state index is -0.223. The van der Waals surface area contributed by atoms with Crippen molar-refractivity contribution in [2.45, 2.75) is 37.9 Å². The Balaban J connectivity index is 1.51. The lowest BCUT2D eigenvalue weighted by atomic mass is 10.0. The van der Waals surface area contributed by atoms with Gasteiger partial charge in [-0.2, -0.15) is 0 Å². The number of anilines is 1. The number of carbonyl (C=O) groups is 1. The van der Waals surface area contributed by atoms with Crippen LogP contribution in [0.2, 0.25) is 5.02 Å². The molecule has 124 valence electrons. The molecule has 3 atom stereocenters. The van der Waals surface area contributed by atoms with Gasteiger partial charge in [0.2, 0.25) is 5.91 Å². The van der Waals surface area contributed by atoms with E-state index in [1.54, 1.807) is 0 Å². The Kier molecular flexibility index (Phi) is 4.04. The minimum Gasteiger partial charge on any atom is -0.308 e.